The van der Waals surface area contributed by atoms with Crippen molar-refractivity contribution in [2.75, 3.05) is 5.32 Å². The number of rotatable bonds is 4. The number of benzene rings is 1. The molecular weight excluding hydrogens is 274 g/mol. The molecule has 7 heteroatoms. The Balaban J connectivity index is 2.22. The number of Topliss-reactive ketones (excluding diaryl/α,β-unsaturated/α-hetero) is 1. The van der Waals surface area contributed by atoms with Gasteiger partial charge < -0.3 is 10.4 Å². The van der Waals surface area contributed by atoms with E-state index in [0.29, 0.717) is 11.3 Å². The molecule has 108 valence electrons. The topological polar surface area (TPSA) is 101 Å². The van der Waals surface area contributed by atoms with E-state index in [-0.39, 0.29) is 17.0 Å². The first-order valence-corrected chi connectivity index (χ1v) is 6.08. The van der Waals surface area contributed by atoms with Crippen LogP contribution in [0.2, 0.25) is 0 Å². The summed E-state index contributed by atoms with van der Waals surface area (Å²) in [6.45, 7) is 1.45. The van der Waals surface area contributed by atoms with Gasteiger partial charge in [-0.2, -0.15) is 5.10 Å². The Bertz CT molecular complexity index is 716. The first-order valence-electron chi connectivity index (χ1n) is 6.08. The predicted molar refractivity (Wildman–Crippen MR) is 74.6 cm³/mol. The largest absolute Gasteiger partial charge is 0.477 e. The lowest BCUT2D eigenvalue weighted by molar-refractivity contribution is 0.0680. The van der Waals surface area contributed by atoms with Gasteiger partial charge in [0, 0.05) is 18.3 Å². The molecule has 1 aromatic heterocycles. The van der Waals surface area contributed by atoms with Crippen molar-refractivity contribution in [3.8, 4) is 0 Å². The Morgan fingerprint density at radius 2 is 1.81 bits per heavy atom. The van der Waals surface area contributed by atoms with Crippen molar-refractivity contribution in [2.45, 2.75) is 6.92 Å². The molecule has 0 radical (unpaired) electrons. The van der Waals surface area contributed by atoms with Gasteiger partial charge in [-0.05, 0) is 31.2 Å². The van der Waals surface area contributed by atoms with Gasteiger partial charge in [-0.15, -0.1) is 0 Å². The molecule has 0 atom stereocenters. The SMILES string of the molecule is CC(=O)c1ccc(NC(=O)c2cnn(C)c2C(=O)O)cc1. The van der Waals surface area contributed by atoms with Crippen LogP contribution in [0.1, 0.15) is 38.1 Å². The molecule has 0 spiro atoms. The third-order valence-corrected chi connectivity index (χ3v) is 2.94. The number of carbonyl (C=O) groups is 3. The second kappa shape index (κ2) is 5.58. The van der Waals surface area contributed by atoms with Crippen molar-refractivity contribution in [1.82, 2.24) is 9.78 Å². The van der Waals surface area contributed by atoms with Gasteiger partial charge in [-0.25, -0.2) is 4.79 Å². The van der Waals surface area contributed by atoms with Crippen molar-refractivity contribution < 1.29 is 19.5 Å². The van der Waals surface area contributed by atoms with Crippen LogP contribution in [0.4, 0.5) is 5.69 Å². The van der Waals surface area contributed by atoms with Crippen LogP contribution in [0.25, 0.3) is 0 Å². The zero-order valence-corrected chi connectivity index (χ0v) is 11.5. The number of aryl methyl sites for hydroxylation is 1. The average molecular weight is 287 g/mol. The number of ketones is 1. The Hall–Kier alpha value is -2.96. The Kier molecular flexibility index (Phi) is 3.84. The summed E-state index contributed by atoms with van der Waals surface area (Å²) in [7, 11) is 1.45. The summed E-state index contributed by atoms with van der Waals surface area (Å²) >= 11 is 0. The van der Waals surface area contributed by atoms with Crippen LogP contribution in [-0.4, -0.2) is 32.5 Å². The molecule has 0 unspecified atom stereocenters. The van der Waals surface area contributed by atoms with Crippen LogP contribution in [0.3, 0.4) is 0 Å². The normalized spacial score (nSPS) is 10.2. The first-order chi connectivity index (χ1) is 9.90. The molecule has 0 fully saturated rings. The second-order valence-corrected chi connectivity index (χ2v) is 4.42. The fourth-order valence-electron chi connectivity index (χ4n) is 1.84. The maximum Gasteiger partial charge on any atom is 0.354 e. The maximum atomic E-state index is 12.1. The van der Waals surface area contributed by atoms with Crippen LogP contribution in [0.5, 0.6) is 0 Å². The van der Waals surface area contributed by atoms with Gasteiger partial charge in [-0.3, -0.25) is 14.3 Å². The fourth-order valence-corrected chi connectivity index (χ4v) is 1.84. The molecule has 7 nitrogen and oxygen atoms in total. The summed E-state index contributed by atoms with van der Waals surface area (Å²) in [4.78, 5) is 34.3. The van der Waals surface area contributed by atoms with Crippen LogP contribution >= 0.6 is 0 Å². The molecule has 1 aromatic carbocycles. The van der Waals surface area contributed by atoms with Gasteiger partial charge in [-0.1, -0.05) is 0 Å². The lowest BCUT2D eigenvalue weighted by Crippen LogP contribution is -2.17. The van der Waals surface area contributed by atoms with E-state index in [0.717, 1.165) is 4.68 Å². The molecule has 0 aliphatic heterocycles. The van der Waals surface area contributed by atoms with Crippen molar-refractivity contribution in [3.63, 3.8) is 0 Å². The van der Waals surface area contributed by atoms with Crippen molar-refractivity contribution in [3.05, 3.63) is 47.3 Å². The van der Waals surface area contributed by atoms with E-state index in [2.05, 4.69) is 10.4 Å². The maximum absolute atomic E-state index is 12.1. The smallest absolute Gasteiger partial charge is 0.354 e. The molecule has 0 saturated heterocycles. The standard InChI is InChI=1S/C14H13N3O4/c1-8(18)9-3-5-10(6-4-9)16-13(19)11-7-15-17(2)12(11)14(20)21/h3-7H,1-2H3,(H,16,19)(H,20,21). The summed E-state index contributed by atoms with van der Waals surface area (Å²) in [6.07, 6.45) is 1.20. The van der Waals surface area contributed by atoms with Crippen LogP contribution in [0, 0.1) is 0 Å². The molecule has 0 saturated carbocycles. The van der Waals surface area contributed by atoms with Crippen molar-refractivity contribution in [1.29, 1.82) is 0 Å². The monoisotopic (exact) mass is 287 g/mol. The first kappa shape index (κ1) is 14.4. The molecule has 2 N–H and O–H groups in total. The number of aromatic nitrogens is 2. The highest BCUT2D eigenvalue weighted by Gasteiger charge is 2.21. The fraction of sp³-hybridized carbons (Fsp3) is 0.143. The van der Waals surface area contributed by atoms with Crippen molar-refractivity contribution in [2.24, 2.45) is 7.05 Å². The molecule has 21 heavy (non-hydrogen) atoms. The number of carboxylic acids is 1. The zero-order valence-electron chi connectivity index (χ0n) is 11.5. The van der Waals surface area contributed by atoms with Gasteiger partial charge in [0.15, 0.2) is 11.5 Å². The van der Waals surface area contributed by atoms with Crippen LogP contribution in [-0.2, 0) is 7.05 Å². The predicted octanol–water partition coefficient (Wildman–Crippen LogP) is 1.57. The minimum atomic E-state index is -1.23. The summed E-state index contributed by atoms with van der Waals surface area (Å²) < 4.78 is 1.12. The number of nitrogens with one attached hydrogen (secondary N) is 1. The zero-order chi connectivity index (χ0) is 15.6. The summed E-state index contributed by atoms with van der Waals surface area (Å²) in [5.41, 5.74) is 0.777. The minimum Gasteiger partial charge on any atom is -0.477 e. The van der Waals surface area contributed by atoms with E-state index in [9.17, 15) is 14.4 Å². The Morgan fingerprint density at radius 1 is 1.19 bits per heavy atom. The third-order valence-electron chi connectivity index (χ3n) is 2.94. The lowest BCUT2D eigenvalue weighted by atomic mass is 10.1. The number of hydrogen-bond donors (Lipinski definition) is 2. The number of hydrogen-bond acceptors (Lipinski definition) is 4. The Labute approximate surface area is 120 Å². The lowest BCUT2D eigenvalue weighted by Gasteiger charge is -2.05. The van der Waals surface area contributed by atoms with Gasteiger partial charge in [0.1, 0.15) is 0 Å². The van der Waals surface area contributed by atoms with Gasteiger partial charge in [0.05, 0.1) is 11.8 Å². The summed E-state index contributed by atoms with van der Waals surface area (Å²) in [5, 5.41) is 15.4. The quantitative estimate of drug-likeness (QED) is 0.831. The number of anilines is 1. The van der Waals surface area contributed by atoms with E-state index < -0.39 is 11.9 Å². The number of nitrogens with zero attached hydrogens (tertiary/aromatic N) is 2. The van der Waals surface area contributed by atoms with E-state index >= 15 is 0 Å². The van der Waals surface area contributed by atoms with Gasteiger partial charge >= 0.3 is 5.97 Å². The van der Waals surface area contributed by atoms with E-state index in [1.54, 1.807) is 24.3 Å². The number of carboxylic acid groups (broad SMARTS) is 1. The molecule has 1 amide bonds. The summed E-state index contributed by atoms with van der Waals surface area (Å²) in [5.74, 6) is -1.88. The third kappa shape index (κ3) is 2.97. The van der Waals surface area contributed by atoms with E-state index in [1.807, 2.05) is 0 Å². The molecule has 2 aromatic rings. The second-order valence-electron chi connectivity index (χ2n) is 4.42. The highest BCUT2D eigenvalue weighted by Crippen LogP contribution is 2.14. The molecule has 2 rings (SSSR count). The molecular formula is C14H13N3O4. The molecule has 0 aliphatic carbocycles. The molecule has 1 heterocycles. The number of amides is 1. The number of aromatic carboxylic acids is 1. The Morgan fingerprint density at radius 3 is 2.33 bits per heavy atom. The highest BCUT2D eigenvalue weighted by atomic mass is 16.4. The van der Waals surface area contributed by atoms with Gasteiger partial charge in [0.25, 0.3) is 5.91 Å². The van der Waals surface area contributed by atoms with E-state index in [4.69, 9.17) is 5.11 Å². The average Bonchev–Trinajstić information content (AvgIpc) is 2.81. The molecule has 0 aliphatic rings. The highest BCUT2D eigenvalue weighted by molar-refractivity contribution is 6.10. The van der Waals surface area contributed by atoms with E-state index in [1.165, 1.54) is 20.2 Å². The minimum absolute atomic E-state index is 0.0272. The van der Waals surface area contributed by atoms with Crippen LogP contribution in [0.15, 0.2) is 30.5 Å². The summed E-state index contributed by atoms with van der Waals surface area (Å²) in [6, 6.07) is 6.31. The van der Waals surface area contributed by atoms with Crippen molar-refractivity contribution >= 4 is 23.3 Å². The van der Waals surface area contributed by atoms with Crippen LogP contribution < -0.4 is 5.32 Å². The molecule has 0 bridgehead atoms. The number of carbonyl (C=O) groups excluding carboxylic acids is 2. The van der Waals surface area contributed by atoms with Gasteiger partial charge in [0.2, 0.25) is 0 Å².